The molecule has 5 heteroatoms. The Labute approximate surface area is 128 Å². The van der Waals surface area contributed by atoms with Gasteiger partial charge in [-0.15, -0.1) is 0 Å². The Balaban J connectivity index is 2.30. The molecular formula is C16H16ClNO3. The molecule has 0 saturated heterocycles. The van der Waals surface area contributed by atoms with Gasteiger partial charge < -0.3 is 15.2 Å². The van der Waals surface area contributed by atoms with Crippen molar-refractivity contribution in [1.29, 1.82) is 0 Å². The Morgan fingerprint density at radius 2 is 1.76 bits per heavy atom. The maximum absolute atomic E-state index is 12.3. The lowest BCUT2D eigenvalue weighted by molar-refractivity contribution is 0.102. The molecule has 0 spiro atoms. The number of phenols is 1. The number of carbonyl (C=O) groups is 1. The molecular weight excluding hydrogens is 290 g/mol. The second kappa shape index (κ2) is 6.06. The van der Waals surface area contributed by atoms with Crippen LogP contribution in [0, 0.1) is 13.8 Å². The SMILES string of the molecule is COc1cc(C(=O)Nc2cc(C)cc(C)c2)cc(Cl)c1O. The number of hydrogen-bond acceptors (Lipinski definition) is 3. The Bertz CT molecular complexity index is 678. The summed E-state index contributed by atoms with van der Waals surface area (Å²) >= 11 is 5.89. The Morgan fingerprint density at radius 3 is 2.33 bits per heavy atom. The first-order chi connectivity index (χ1) is 9.90. The summed E-state index contributed by atoms with van der Waals surface area (Å²) in [5, 5.41) is 12.6. The second-order valence-corrected chi connectivity index (χ2v) is 5.25. The van der Waals surface area contributed by atoms with Crippen LogP contribution in [-0.4, -0.2) is 18.1 Å². The maximum atomic E-state index is 12.3. The van der Waals surface area contributed by atoms with Gasteiger partial charge >= 0.3 is 0 Å². The Kier molecular flexibility index (Phi) is 4.38. The minimum atomic E-state index is -0.319. The summed E-state index contributed by atoms with van der Waals surface area (Å²) in [6, 6.07) is 8.63. The Morgan fingerprint density at radius 1 is 1.14 bits per heavy atom. The summed E-state index contributed by atoms with van der Waals surface area (Å²) in [6.45, 7) is 3.92. The number of anilines is 1. The fourth-order valence-electron chi connectivity index (χ4n) is 2.11. The highest BCUT2D eigenvalue weighted by molar-refractivity contribution is 6.32. The number of hydrogen-bond donors (Lipinski definition) is 2. The molecule has 0 bridgehead atoms. The van der Waals surface area contributed by atoms with E-state index in [1.54, 1.807) is 0 Å². The largest absolute Gasteiger partial charge is 0.503 e. The zero-order chi connectivity index (χ0) is 15.6. The second-order valence-electron chi connectivity index (χ2n) is 4.84. The van der Waals surface area contributed by atoms with Gasteiger partial charge in [0.25, 0.3) is 5.91 Å². The molecule has 21 heavy (non-hydrogen) atoms. The number of phenolic OH excluding ortho intramolecular Hbond substituents is 1. The van der Waals surface area contributed by atoms with E-state index >= 15 is 0 Å². The summed E-state index contributed by atoms with van der Waals surface area (Å²) in [5.74, 6) is -0.338. The number of carbonyl (C=O) groups excluding carboxylic acids is 1. The fraction of sp³-hybridized carbons (Fsp3) is 0.188. The predicted molar refractivity (Wildman–Crippen MR) is 83.5 cm³/mol. The lowest BCUT2D eigenvalue weighted by atomic mass is 10.1. The van der Waals surface area contributed by atoms with E-state index in [1.165, 1.54) is 19.2 Å². The number of benzene rings is 2. The average molecular weight is 306 g/mol. The number of aromatic hydroxyl groups is 1. The molecule has 0 atom stereocenters. The van der Waals surface area contributed by atoms with Crippen molar-refractivity contribution in [2.24, 2.45) is 0 Å². The molecule has 0 aliphatic heterocycles. The monoisotopic (exact) mass is 305 g/mol. The molecule has 0 radical (unpaired) electrons. The van der Waals surface area contributed by atoms with Crippen molar-refractivity contribution in [2.45, 2.75) is 13.8 Å². The van der Waals surface area contributed by atoms with Crippen LogP contribution < -0.4 is 10.1 Å². The number of aryl methyl sites for hydroxylation is 2. The van der Waals surface area contributed by atoms with Crippen LogP contribution in [0.4, 0.5) is 5.69 Å². The number of methoxy groups -OCH3 is 1. The number of rotatable bonds is 3. The zero-order valence-electron chi connectivity index (χ0n) is 12.0. The van der Waals surface area contributed by atoms with Crippen LogP contribution in [0.15, 0.2) is 30.3 Å². The molecule has 0 fully saturated rings. The average Bonchev–Trinajstić information content (AvgIpc) is 2.40. The summed E-state index contributed by atoms with van der Waals surface area (Å²) in [7, 11) is 1.40. The third-order valence-electron chi connectivity index (χ3n) is 2.99. The summed E-state index contributed by atoms with van der Waals surface area (Å²) in [5.41, 5.74) is 3.15. The van der Waals surface area contributed by atoms with Crippen molar-refractivity contribution in [2.75, 3.05) is 12.4 Å². The van der Waals surface area contributed by atoms with Crippen LogP contribution in [0.25, 0.3) is 0 Å². The van der Waals surface area contributed by atoms with Crippen LogP contribution in [0.2, 0.25) is 5.02 Å². The first-order valence-electron chi connectivity index (χ1n) is 6.37. The van der Waals surface area contributed by atoms with Gasteiger partial charge in [0.05, 0.1) is 12.1 Å². The number of nitrogens with one attached hydrogen (secondary N) is 1. The van der Waals surface area contributed by atoms with Gasteiger partial charge in [0, 0.05) is 11.3 Å². The molecule has 0 aliphatic rings. The van der Waals surface area contributed by atoms with Gasteiger partial charge in [-0.25, -0.2) is 0 Å². The van der Waals surface area contributed by atoms with Crippen LogP contribution in [0.1, 0.15) is 21.5 Å². The van der Waals surface area contributed by atoms with Crippen LogP contribution in [0.3, 0.4) is 0 Å². The van der Waals surface area contributed by atoms with Gasteiger partial charge in [-0.05, 0) is 49.2 Å². The van der Waals surface area contributed by atoms with Crippen molar-refractivity contribution in [1.82, 2.24) is 0 Å². The van der Waals surface area contributed by atoms with E-state index in [-0.39, 0.29) is 22.4 Å². The first-order valence-corrected chi connectivity index (χ1v) is 6.74. The first kappa shape index (κ1) is 15.2. The zero-order valence-corrected chi connectivity index (χ0v) is 12.8. The minimum absolute atomic E-state index is 0.0694. The quantitative estimate of drug-likeness (QED) is 0.903. The molecule has 110 valence electrons. The predicted octanol–water partition coefficient (Wildman–Crippen LogP) is 3.92. The minimum Gasteiger partial charge on any atom is -0.503 e. The number of amides is 1. The summed E-state index contributed by atoms with van der Waals surface area (Å²) in [4.78, 5) is 12.3. The van der Waals surface area contributed by atoms with E-state index in [1.807, 2.05) is 32.0 Å². The molecule has 0 aromatic heterocycles. The van der Waals surface area contributed by atoms with Gasteiger partial charge in [0.2, 0.25) is 0 Å². The van der Waals surface area contributed by atoms with Gasteiger partial charge in [0.15, 0.2) is 11.5 Å². The Hall–Kier alpha value is -2.20. The van der Waals surface area contributed by atoms with Crippen LogP contribution >= 0.6 is 11.6 Å². The molecule has 0 unspecified atom stereocenters. The van der Waals surface area contributed by atoms with Gasteiger partial charge in [-0.2, -0.15) is 0 Å². The van der Waals surface area contributed by atoms with E-state index in [4.69, 9.17) is 16.3 Å². The van der Waals surface area contributed by atoms with Crippen LogP contribution in [0.5, 0.6) is 11.5 Å². The van der Waals surface area contributed by atoms with Crippen molar-refractivity contribution in [3.05, 3.63) is 52.0 Å². The number of ether oxygens (including phenoxy) is 1. The van der Waals surface area contributed by atoms with E-state index in [2.05, 4.69) is 5.32 Å². The topological polar surface area (TPSA) is 58.6 Å². The van der Waals surface area contributed by atoms with Crippen molar-refractivity contribution in [3.8, 4) is 11.5 Å². The molecule has 1 amide bonds. The highest BCUT2D eigenvalue weighted by Crippen LogP contribution is 2.35. The highest BCUT2D eigenvalue weighted by atomic mass is 35.5. The standard InChI is InChI=1S/C16H16ClNO3/c1-9-4-10(2)6-12(5-9)18-16(20)11-7-13(17)15(19)14(8-11)21-3/h4-8,19H,1-3H3,(H,18,20). The lowest BCUT2D eigenvalue weighted by Crippen LogP contribution is -2.12. The molecule has 0 aliphatic carbocycles. The molecule has 4 nitrogen and oxygen atoms in total. The van der Waals surface area contributed by atoms with E-state index < -0.39 is 0 Å². The third kappa shape index (κ3) is 3.47. The maximum Gasteiger partial charge on any atom is 0.255 e. The van der Waals surface area contributed by atoms with E-state index in [9.17, 15) is 9.90 Å². The normalized spacial score (nSPS) is 10.3. The third-order valence-corrected chi connectivity index (χ3v) is 3.28. The molecule has 2 N–H and O–H groups in total. The summed E-state index contributed by atoms with van der Waals surface area (Å²) < 4.78 is 4.99. The van der Waals surface area contributed by atoms with E-state index in [0.717, 1.165) is 11.1 Å². The molecule has 2 aromatic rings. The molecule has 2 aromatic carbocycles. The molecule has 2 rings (SSSR count). The molecule has 0 heterocycles. The van der Waals surface area contributed by atoms with Crippen molar-refractivity contribution >= 4 is 23.2 Å². The number of halogens is 1. The van der Waals surface area contributed by atoms with E-state index in [0.29, 0.717) is 11.3 Å². The van der Waals surface area contributed by atoms with Crippen molar-refractivity contribution < 1.29 is 14.6 Å². The smallest absolute Gasteiger partial charge is 0.255 e. The molecule has 0 saturated carbocycles. The van der Waals surface area contributed by atoms with Crippen LogP contribution in [-0.2, 0) is 0 Å². The fourth-order valence-corrected chi connectivity index (χ4v) is 2.32. The summed E-state index contributed by atoms with van der Waals surface area (Å²) in [6.07, 6.45) is 0. The van der Waals surface area contributed by atoms with Gasteiger partial charge in [-0.1, -0.05) is 17.7 Å². The van der Waals surface area contributed by atoms with Gasteiger partial charge in [-0.3, -0.25) is 4.79 Å². The lowest BCUT2D eigenvalue weighted by Gasteiger charge is -2.10. The van der Waals surface area contributed by atoms with Gasteiger partial charge in [0.1, 0.15) is 0 Å². The highest BCUT2D eigenvalue weighted by Gasteiger charge is 2.14. The van der Waals surface area contributed by atoms with Crippen molar-refractivity contribution in [3.63, 3.8) is 0 Å².